The number of hydrogen-bond acceptors (Lipinski definition) is 3. The Hall–Kier alpha value is -1.36. The number of carbonyl (C=O) groups is 1. The van der Waals surface area contributed by atoms with Crippen molar-refractivity contribution in [2.24, 2.45) is 11.7 Å². The summed E-state index contributed by atoms with van der Waals surface area (Å²) in [4.78, 5) is 12.0. The van der Waals surface area contributed by atoms with Crippen LogP contribution in [0.5, 0.6) is 0 Å². The molecule has 0 aromatic carbocycles. The van der Waals surface area contributed by atoms with Gasteiger partial charge in [0.2, 0.25) is 5.91 Å². The average molecular weight is 278 g/mol. The molecule has 0 bridgehead atoms. The molecule has 0 aliphatic heterocycles. The zero-order valence-electron chi connectivity index (χ0n) is 12.6. The minimum atomic E-state index is -0.502. The molecule has 1 aromatic rings. The number of aromatic nitrogens is 2. The molecule has 1 heterocycles. The minimum Gasteiger partial charge on any atom is -0.368 e. The van der Waals surface area contributed by atoms with Crippen LogP contribution in [-0.2, 0) is 11.3 Å². The van der Waals surface area contributed by atoms with Gasteiger partial charge in [-0.25, -0.2) is 0 Å². The van der Waals surface area contributed by atoms with Gasteiger partial charge in [0.1, 0.15) is 5.54 Å². The number of aryl methyl sites for hydroxylation is 2. The third-order valence-corrected chi connectivity index (χ3v) is 4.42. The summed E-state index contributed by atoms with van der Waals surface area (Å²) in [7, 11) is 0. The third kappa shape index (κ3) is 3.03. The lowest BCUT2D eigenvalue weighted by Crippen LogP contribution is -2.58. The van der Waals surface area contributed by atoms with E-state index in [0.29, 0.717) is 5.92 Å². The van der Waals surface area contributed by atoms with Crippen LogP contribution in [0.3, 0.4) is 0 Å². The molecule has 3 N–H and O–H groups in total. The van der Waals surface area contributed by atoms with Gasteiger partial charge in [-0.2, -0.15) is 5.10 Å². The van der Waals surface area contributed by atoms with Crippen LogP contribution >= 0.6 is 0 Å². The Morgan fingerprint density at radius 3 is 3.05 bits per heavy atom. The molecule has 2 unspecified atom stereocenters. The summed E-state index contributed by atoms with van der Waals surface area (Å²) in [6.07, 6.45) is 8.88. The molecule has 2 rings (SSSR count). The van der Waals surface area contributed by atoms with Crippen LogP contribution in [0.2, 0.25) is 0 Å². The fourth-order valence-corrected chi connectivity index (χ4v) is 3.34. The van der Waals surface area contributed by atoms with Gasteiger partial charge in [0.25, 0.3) is 0 Å². The van der Waals surface area contributed by atoms with Crippen molar-refractivity contribution >= 4 is 5.91 Å². The van der Waals surface area contributed by atoms with E-state index in [2.05, 4.69) is 17.3 Å². The first-order valence-corrected chi connectivity index (χ1v) is 7.62. The van der Waals surface area contributed by atoms with Crippen LogP contribution < -0.4 is 11.1 Å². The van der Waals surface area contributed by atoms with Crippen molar-refractivity contribution in [2.45, 2.75) is 58.0 Å². The molecule has 112 valence electrons. The summed E-state index contributed by atoms with van der Waals surface area (Å²) in [6, 6.07) is 0. The highest BCUT2D eigenvalue weighted by Crippen LogP contribution is 2.38. The summed E-state index contributed by atoms with van der Waals surface area (Å²) >= 11 is 0. The number of hydrogen-bond donors (Lipinski definition) is 2. The van der Waals surface area contributed by atoms with E-state index in [0.717, 1.165) is 45.2 Å². The number of amides is 1. The van der Waals surface area contributed by atoms with Crippen LogP contribution in [0.4, 0.5) is 0 Å². The second-order valence-electron chi connectivity index (χ2n) is 5.92. The molecule has 0 saturated heterocycles. The van der Waals surface area contributed by atoms with Gasteiger partial charge in [-0.15, -0.1) is 0 Å². The fourth-order valence-electron chi connectivity index (χ4n) is 3.34. The molecule has 1 aromatic heterocycles. The van der Waals surface area contributed by atoms with E-state index in [1.807, 2.05) is 24.0 Å². The third-order valence-electron chi connectivity index (χ3n) is 4.42. The molecule has 5 heteroatoms. The molecule has 1 amide bonds. The monoisotopic (exact) mass is 278 g/mol. The highest BCUT2D eigenvalue weighted by molar-refractivity contribution is 5.85. The lowest BCUT2D eigenvalue weighted by molar-refractivity contribution is -0.126. The maximum Gasteiger partial charge on any atom is 0.238 e. The topological polar surface area (TPSA) is 72.9 Å². The van der Waals surface area contributed by atoms with E-state index in [1.165, 1.54) is 5.56 Å². The summed E-state index contributed by atoms with van der Waals surface area (Å²) in [5.41, 5.74) is 6.38. The Labute approximate surface area is 120 Å². The Kier molecular flexibility index (Phi) is 4.81. The molecule has 0 spiro atoms. The first kappa shape index (κ1) is 15.0. The largest absolute Gasteiger partial charge is 0.368 e. The van der Waals surface area contributed by atoms with Crippen LogP contribution in [0, 0.1) is 12.8 Å². The van der Waals surface area contributed by atoms with Gasteiger partial charge in [0, 0.05) is 12.7 Å². The van der Waals surface area contributed by atoms with Crippen molar-refractivity contribution < 1.29 is 4.79 Å². The smallest absolute Gasteiger partial charge is 0.238 e. The molecule has 2 atom stereocenters. The Balaban J connectivity index is 2.02. The van der Waals surface area contributed by atoms with Crippen LogP contribution in [0.1, 0.15) is 44.6 Å². The van der Waals surface area contributed by atoms with Crippen molar-refractivity contribution in [3.8, 4) is 0 Å². The molecule has 1 saturated carbocycles. The molecule has 1 aliphatic rings. The zero-order chi connectivity index (χ0) is 14.6. The van der Waals surface area contributed by atoms with E-state index < -0.39 is 5.54 Å². The second kappa shape index (κ2) is 6.39. The Bertz CT molecular complexity index is 456. The first-order valence-electron chi connectivity index (χ1n) is 7.62. The normalized spacial score (nSPS) is 26.0. The lowest BCUT2D eigenvalue weighted by atomic mass is 9.83. The van der Waals surface area contributed by atoms with Crippen molar-refractivity contribution in [3.63, 3.8) is 0 Å². The van der Waals surface area contributed by atoms with E-state index >= 15 is 0 Å². The molecular formula is C15H26N4O. The molecular weight excluding hydrogens is 252 g/mol. The van der Waals surface area contributed by atoms with Gasteiger partial charge in [-0.1, -0.05) is 13.3 Å². The number of primary amides is 1. The van der Waals surface area contributed by atoms with Gasteiger partial charge < -0.3 is 11.1 Å². The predicted molar refractivity (Wildman–Crippen MR) is 79.1 cm³/mol. The van der Waals surface area contributed by atoms with E-state index in [9.17, 15) is 4.79 Å². The van der Waals surface area contributed by atoms with E-state index in [4.69, 9.17) is 5.73 Å². The van der Waals surface area contributed by atoms with Gasteiger partial charge in [0.15, 0.2) is 0 Å². The Morgan fingerprint density at radius 2 is 2.45 bits per heavy atom. The SMILES string of the molecule is CCCNC1(C(N)=O)CCCC1CCn1cc(C)cn1. The average Bonchev–Trinajstić information content (AvgIpc) is 3.01. The van der Waals surface area contributed by atoms with Gasteiger partial charge >= 0.3 is 0 Å². The zero-order valence-corrected chi connectivity index (χ0v) is 12.6. The fraction of sp³-hybridized carbons (Fsp3) is 0.733. The van der Waals surface area contributed by atoms with Crippen molar-refractivity contribution in [1.29, 1.82) is 0 Å². The molecule has 1 fully saturated rings. The highest BCUT2D eigenvalue weighted by atomic mass is 16.1. The summed E-state index contributed by atoms with van der Waals surface area (Å²) < 4.78 is 1.96. The molecule has 5 nitrogen and oxygen atoms in total. The summed E-state index contributed by atoms with van der Waals surface area (Å²) in [5, 5.41) is 7.74. The quantitative estimate of drug-likeness (QED) is 0.796. The number of nitrogens with two attached hydrogens (primary N) is 1. The van der Waals surface area contributed by atoms with Crippen LogP contribution in [-0.4, -0.2) is 27.8 Å². The number of nitrogens with one attached hydrogen (secondary N) is 1. The summed E-state index contributed by atoms with van der Waals surface area (Å²) in [6.45, 7) is 5.84. The second-order valence-corrected chi connectivity index (χ2v) is 5.92. The van der Waals surface area contributed by atoms with Gasteiger partial charge in [0.05, 0.1) is 6.20 Å². The van der Waals surface area contributed by atoms with Crippen molar-refractivity contribution in [2.75, 3.05) is 6.54 Å². The Morgan fingerprint density at radius 1 is 1.65 bits per heavy atom. The van der Waals surface area contributed by atoms with E-state index in [1.54, 1.807) is 0 Å². The standard InChI is InChI=1S/C15H26N4O/c1-3-8-17-15(14(16)20)7-4-5-13(15)6-9-19-11-12(2)10-18-19/h10-11,13,17H,3-9H2,1-2H3,(H2,16,20). The van der Waals surface area contributed by atoms with E-state index in [-0.39, 0.29) is 5.91 Å². The number of carbonyl (C=O) groups excluding carboxylic acids is 1. The van der Waals surface area contributed by atoms with Gasteiger partial charge in [-0.3, -0.25) is 9.48 Å². The van der Waals surface area contributed by atoms with Crippen LogP contribution in [0.25, 0.3) is 0 Å². The summed E-state index contributed by atoms with van der Waals surface area (Å²) in [5.74, 6) is 0.126. The maximum atomic E-state index is 12.0. The van der Waals surface area contributed by atoms with Crippen molar-refractivity contribution in [3.05, 3.63) is 18.0 Å². The van der Waals surface area contributed by atoms with Crippen LogP contribution in [0.15, 0.2) is 12.4 Å². The molecule has 20 heavy (non-hydrogen) atoms. The molecule has 0 radical (unpaired) electrons. The number of rotatable bonds is 7. The molecule has 1 aliphatic carbocycles. The maximum absolute atomic E-state index is 12.0. The predicted octanol–water partition coefficient (Wildman–Crippen LogP) is 1.61. The number of nitrogens with zero attached hydrogens (tertiary/aromatic N) is 2. The minimum absolute atomic E-state index is 0.190. The first-order chi connectivity index (χ1) is 9.58. The highest BCUT2D eigenvalue weighted by Gasteiger charge is 2.46. The lowest BCUT2D eigenvalue weighted by Gasteiger charge is -2.33. The van der Waals surface area contributed by atoms with Crippen molar-refractivity contribution in [1.82, 2.24) is 15.1 Å². The van der Waals surface area contributed by atoms with Gasteiger partial charge in [-0.05, 0) is 50.6 Å².